The third-order valence-corrected chi connectivity index (χ3v) is 3.24. The number of ether oxygens (including phenoxy) is 1. The van der Waals surface area contributed by atoms with Crippen LogP contribution in [0, 0.1) is 0 Å². The van der Waals surface area contributed by atoms with Gasteiger partial charge in [0, 0.05) is 19.6 Å². The molecule has 1 fully saturated rings. The Morgan fingerprint density at radius 3 is 2.76 bits per heavy atom. The molecule has 0 saturated carbocycles. The lowest BCUT2D eigenvalue weighted by molar-refractivity contribution is -0.141. The Labute approximate surface area is 120 Å². The van der Waals surface area contributed by atoms with Gasteiger partial charge in [-0.25, -0.2) is 0 Å². The van der Waals surface area contributed by atoms with Crippen molar-refractivity contribution in [2.24, 2.45) is 0 Å². The van der Waals surface area contributed by atoms with E-state index in [1.54, 1.807) is 4.90 Å². The number of carbonyl (C=O) groups excluding carboxylic acids is 1. The quantitative estimate of drug-likeness (QED) is 0.927. The highest BCUT2D eigenvalue weighted by Gasteiger charge is 2.34. The number of hydrogen-bond donors (Lipinski definition) is 1. The summed E-state index contributed by atoms with van der Waals surface area (Å²) in [5.41, 5.74) is -0.865. The van der Waals surface area contributed by atoms with E-state index in [0.29, 0.717) is 19.6 Å². The number of rotatable bonds is 3. The minimum atomic E-state index is -4.49. The fourth-order valence-electron chi connectivity index (χ4n) is 2.15. The molecule has 1 aliphatic rings. The summed E-state index contributed by atoms with van der Waals surface area (Å²) >= 11 is 0. The molecule has 116 valence electrons. The van der Waals surface area contributed by atoms with E-state index in [2.05, 4.69) is 5.32 Å². The molecule has 0 spiro atoms. The fourth-order valence-corrected chi connectivity index (χ4v) is 2.15. The summed E-state index contributed by atoms with van der Waals surface area (Å²) in [7, 11) is 0. The van der Waals surface area contributed by atoms with Crippen LogP contribution < -0.4 is 10.1 Å². The smallest absolute Gasteiger partial charge is 0.419 e. The Hall–Kier alpha value is -1.76. The van der Waals surface area contributed by atoms with E-state index in [1.807, 2.05) is 0 Å². The van der Waals surface area contributed by atoms with Gasteiger partial charge in [0.1, 0.15) is 5.75 Å². The van der Waals surface area contributed by atoms with Gasteiger partial charge in [0.15, 0.2) is 6.61 Å². The van der Waals surface area contributed by atoms with Crippen molar-refractivity contribution in [2.45, 2.75) is 12.6 Å². The van der Waals surface area contributed by atoms with E-state index in [4.69, 9.17) is 4.74 Å². The minimum Gasteiger partial charge on any atom is -0.483 e. The first-order valence-corrected chi connectivity index (χ1v) is 6.76. The summed E-state index contributed by atoms with van der Waals surface area (Å²) in [6, 6.07) is 4.90. The van der Waals surface area contributed by atoms with E-state index in [1.165, 1.54) is 18.2 Å². The number of para-hydroxylation sites is 1. The van der Waals surface area contributed by atoms with Gasteiger partial charge in [-0.2, -0.15) is 13.2 Å². The molecule has 7 heteroatoms. The van der Waals surface area contributed by atoms with Crippen LogP contribution in [0.3, 0.4) is 0 Å². The van der Waals surface area contributed by atoms with Crippen LogP contribution in [0.25, 0.3) is 0 Å². The molecule has 0 aliphatic carbocycles. The van der Waals surface area contributed by atoms with Crippen molar-refractivity contribution in [3.05, 3.63) is 29.8 Å². The van der Waals surface area contributed by atoms with Gasteiger partial charge in [-0.3, -0.25) is 4.79 Å². The molecule has 0 aromatic heterocycles. The summed E-state index contributed by atoms with van der Waals surface area (Å²) in [4.78, 5) is 13.6. The largest absolute Gasteiger partial charge is 0.483 e. The SMILES string of the molecule is O=C(COc1ccccc1C(F)(F)F)N1CCCNCC1. The number of alkyl halides is 3. The maximum absolute atomic E-state index is 12.8. The number of hydrogen-bond acceptors (Lipinski definition) is 3. The molecule has 1 N–H and O–H groups in total. The number of benzene rings is 1. The monoisotopic (exact) mass is 302 g/mol. The number of nitrogens with one attached hydrogen (secondary N) is 1. The zero-order valence-electron chi connectivity index (χ0n) is 11.4. The van der Waals surface area contributed by atoms with Crippen molar-refractivity contribution in [1.82, 2.24) is 10.2 Å². The molecule has 1 aromatic rings. The summed E-state index contributed by atoms with van der Waals surface area (Å²) in [5.74, 6) is -0.609. The van der Waals surface area contributed by atoms with Gasteiger partial charge in [-0.05, 0) is 25.1 Å². The average Bonchev–Trinajstić information content (AvgIpc) is 2.73. The molecule has 1 aromatic carbocycles. The Bertz CT molecular complexity index is 483. The third kappa shape index (κ3) is 4.35. The van der Waals surface area contributed by atoms with Crippen molar-refractivity contribution in [1.29, 1.82) is 0 Å². The zero-order chi connectivity index (χ0) is 15.3. The molecule has 21 heavy (non-hydrogen) atoms. The van der Waals surface area contributed by atoms with Crippen molar-refractivity contribution in [2.75, 3.05) is 32.8 Å². The van der Waals surface area contributed by atoms with Crippen LogP contribution in [-0.2, 0) is 11.0 Å². The predicted octanol–water partition coefficient (Wildman–Crippen LogP) is 1.91. The van der Waals surface area contributed by atoms with Gasteiger partial charge in [-0.1, -0.05) is 12.1 Å². The van der Waals surface area contributed by atoms with E-state index in [9.17, 15) is 18.0 Å². The molecule has 0 radical (unpaired) electrons. The molecule has 2 rings (SSSR count). The molecule has 0 atom stereocenters. The zero-order valence-corrected chi connectivity index (χ0v) is 11.4. The Morgan fingerprint density at radius 2 is 2.00 bits per heavy atom. The topological polar surface area (TPSA) is 41.6 Å². The second kappa shape index (κ2) is 6.80. The molecule has 1 aliphatic heterocycles. The van der Waals surface area contributed by atoms with Crippen molar-refractivity contribution < 1.29 is 22.7 Å². The van der Waals surface area contributed by atoms with Gasteiger partial charge in [-0.15, -0.1) is 0 Å². The van der Waals surface area contributed by atoms with E-state index in [0.717, 1.165) is 19.0 Å². The van der Waals surface area contributed by atoms with Gasteiger partial charge in [0.25, 0.3) is 5.91 Å². The van der Waals surface area contributed by atoms with Gasteiger partial charge < -0.3 is 15.0 Å². The second-order valence-corrected chi connectivity index (χ2v) is 4.77. The molecule has 0 bridgehead atoms. The maximum Gasteiger partial charge on any atom is 0.419 e. The second-order valence-electron chi connectivity index (χ2n) is 4.77. The van der Waals surface area contributed by atoms with Crippen LogP contribution in [0.2, 0.25) is 0 Å². The maximum atomic E-state index is 12.8. The normalized spacial score (nSPS) is 16.4. The summed E-state index contributed by atoms with van der Waals surface area (Å²) in [5, 5.41) is 3.15. The molecule has 1 amide bonds. The number of nitrogens with zero attached hydrogens (tertiary/aromatic N) is 1. The van der Waals surface area contributed by atoms with Crippen molar-refractivity contribution >= 4 is 5.91 Å². The van der Waals surface area contributed by atoms with Crippen molar-refractivity contribution in [3.63, 3.8) is 0 Å². The van der Waals surface area contributed by atoms with Gasteiger partial charge in [0.05, 0.1) is 5.56 Å². The minimum absolute atomic E-state index is 0.296. The molecule has 0 unspecified atom stereocenters. The number of carbonyl (C=O) groups is 1. The highest BCUT2D eigenvalue weighted by Crippen LogP contribution is 2.35. The number of halogens is 3. The molecule has 1 heterocycles. The van der Waals surface area contributed by atoms with Gasteiger partial charge in [0.2, 0.25) is 0 Å². The molecular weight excluding hydrogens is 285 g/mol. The van der Waals surface area contributed by atoms with Crippen LogP contribution in [0.1, 0.15) is 12.0 Å². The number of amides is 1. The predicted molar refractivity (Wildman–Crippen MR) is 71.0 cm³/mol. The summed E-state index contributed by atoms with van der Waals surface area (Å²) in [6.07, 6.45) is -3.67. The standard InChI is InChI=1S/C14H17F3N2O2/c15-14(16,17)11-4-1-2-5-12(11)21-10-13(20)19-8-3-6-18-7-9-19/h1-2,4-5,18H,3,6-10H2. The highest BCUT2D eigenvalue weighted by molar-refractivity contribution is 5.77. The first-order valence-electron chi connectivity index (χ1n) is 6.76. The van der Waals surface area contributed by atoms with E-state index >= 15 is 0 Å². The van der Waals surface area contributed by atoms with E-state index in [-0.39, 0.29) is 18.3 Å². The first-order chi connectivity index (χ1) is 9.98. The van der Waals surface area contributed by atoms with Crippen LogP contribution in [0.4, 0.5) is 13.2 Å². The van der Waals surface area contributed by atoms with Gasteiger partial charge >= 0.3 is 6.18 Å². The molecule has 4 nitrogen and oxygen atoms in total. The fraction of sp³-hybridized carbons (Fsp3) is 0.500. The first kappa shape index (κ1) is 15.6. The van der Waals surface area contributed by atoms with Crippen LogP contribution >= 0.6 is 0 Å². The highest BCUT2D eigenvalue weighted by atomic mass is 19.4. The van der Waals surface area contributed by atoms with Crippen LogP contribution in [0.15, 0.2) is 24.3 Å². The molecule has 1 saturated heterocycles. The lowest BCUT2D eigenvalue weighted by atomic mass is 10.2. The Balaban J connectivity index is 1.98. The summed E-state index contributed by atoms with van der Waals surface area (Å²) < 4.78 is 43.5. The third-order valence-electron chi connectivity index (χ3n) is 3.24. The Kier molecular flexibility index (Phi) is 5.06. The lowest BCUT2D eigenvalue weighted by Crippen LogP contribution is -2.37. The van der Waals surface area contributed by atoms with Crippen LogP contribution in [-0.4, -0.2) is 43.6 Å². The van der Waals surface area contributed by atoms with Crippen molar-refractivity contribution in [3.8, 4) is 5.75 Å². The van der Waals surface area contributed by atoms with E-state index < -0.39 is 11.7 Å². The Morgan fingerprint density at radius 1 is 1.24 bits per heavy atom. The van der Waals surface area contributed by atoms with Crippen LogP contribution in [0.5, 0.6) is 5.75 Å². The summed E-state index contributed by atoms with van der Waals surface area (Å²) in [6.45, 7) is 2.28. The average molecular weight is 302 g/mol. The molecular formula is C14H17F3N2O2. The lowest BCUT2D eigenvalue weighted by Gasteiger charge is -2.20.